The Kier molecular flexibility index (Phi) is 5.11. The fourth-order valence-electron chi connectivity index (χ4n) is 1.97. The second-order valence-corrected chi connectivity index (χ2v) is 5.41. The van der Waals surface area contributed by atoms with Gasteiger partial charge in [0, 0.05) is 23.2 Å². The second kappa shape index (κ2) is 6.83. The molecule has 1 heterocycles. The molecule has 2 N–H and O–H groups in total. The molecule has 0 spiro atoms. The van der Waals surface area contributed by atoms with Crippen LogP contribution >= 0.6 is 15.9 Å². The summed E-state index contributed by atoms with van der Waals surface area (Å²) in [5, 5.41) is 11.7. The standard InChI is InChI=1S/C13H15BrN2O4/c14-9-2-1-3-10(6-9)15-12(17)8-16-4-5-20-11(7-16)13(18)19/h1-3,6,11H,4-5,7-8H2,(H,15,17)(H,18,19). The van der Waals surface area contributed by atoms with Gasteiger partial charge < -0.3 is 15.2 Å². The summed E-state index contributed by atoms with van der Waals surface area (Å²) in [5.74, 6) is -1.17. The molecule has 1 aromatic rings. The third-order valence-electron chi connectivity index (χ3n) is 2.90. The van der Waals surface area contributed by atoms with Crippen molar-refractivity contribution in [3.8, 4) is 0 Å². The fraction of sp³-hybridized carbons (Fsp3) is 0.385. The van der Waals surface area contributed by atoms with Crippen molar-refractivity contribution >= 4 is 33.5 Å². The smallest absolute Gasteiger partial charge is 0.334 e. The molecule has 2 rings (SSSR count). The van der Waals surface area contributed by atoms with E-state index in [0.717, 1.165) is 4.47 Å². The van der Waals surface area contributed by atoms with Crippen LogP contribution in [-0.4, -0.2) is 54.2 Å². The first-order valence-corrected chi connectivity index (χ1v) is 6.96. The number of carbonyl (C=O) groups excluding carboxylic acids is 1. The van der Waals surface area contributed by atoms with Crippen molar-refractivity contribution in [2.45, 2.75) is 6.10 Å². The molecular weight excluding hydrogens is 328 g/mol. The van der Waals surface area contributed by atoms with E-state index in [9.17, 15) is 9.59 Å². The monoisotopic (exact) mass is 342 g/mol. The van der Waals surface area contributed by atoms with E-state index >= 15 is 0 Å². The number of hydrogen-bond acceptors (Lipinski definition) is 4. The molecule has 1 saturated heterocycles. The maximum Gasteiger partial charge on any atom is 0.334 e. The molecule has 0 radical (unpaired) electrons. The van der Waals surface area contributed by atoms with E-state index in [1.54, 1.807) is 17.0 Å². The minimum absolute atomic E-state index is 0.152. The number of nitrogens with zero attached hydrogens (tertiary/aromatic N) is 1. The molecule has 0 aromatic heterocycles. The molecule has 0 saturated carbocycles. The molecule has 1 aromatic carbocycles. The van der Waals surface area contributed by atoms with Crippen molar-refractivity contribution in [1.82, 2.24) is 4.90 Å². The molecule has 1 amide bonds. The number of hydrogen-bond donors (Lipinski definition) is 2. The summed E-state index contributed by atoms with van der Waals surface area (Å²) in [7, 11) is 0. The Morgan fingerprint density at radius 3 is 3.00 bits per heavy atom. The number of rotatable bonds is 4. The lowest BCUT2D eigenvalue weighted by molar-refractivity contribution is -0.156. The first-order chi connectivity index (χ1) is 9.54. The maximum absolute atomic E-state index is 11.9. The SMILES string of the molecule is O=C(CN1CCOC(C(=O)O)C1)Nc1cccc(Br)c1. The molecule has 0 bridgehead atoms. The van der Waals surface area contributed by atoms with Crippen LogP contribution in [0.3, 0.4) is 0 Å². The van der Waals surface area contributed by atoms with E-state index < -0.39 is 12.1 Å². The van der Waals surface area contributed by atoms with Gasteiger partial charge in [-0.2, -0.15) is 0 Å². The quantitative estimate of drug-likeness (QED) is 0.858. The summed E-state index contributed by atoms with van der Waals surface area (Å²) in [6, 6.07) is 7.29. The van der Waals surface area contributed by atoms with Gasteiger partial charge in [-0.1, -0.05) is 22.0 Å². The zero-order valence-corrected chi connectivity index (χ0v) is 12.3. The van der Waals surface area contributed by atoms with E-state index in [1.165, 1.54) is 0 Å². The highest BCUT2D eigenvalue weighted by molar-refractivity contribution is 9.10. The number of halogens is 1. The Bertz CT molecular complexity index is 509. The summed E-state index contributed by atoms with van der Waals surface area (Å²) in [4.78, 5) is 24.5. The number of nitrogens with one attached hydrogen (secondary N) is 1. The van der Waals surface area contributed by atoms with Crippen LogP contribution in [0, 0.1) is 0 Å². The van der Waals surface area contributed by atoms with Crippen LogP contribution in [0.1, 0.15) is 0 Å². The van der Waals surface area contributed by atoms with Crippen LogP contribution < -0.4 is 5.32 Å². The topological polar surface area (TPSA) is 78.9 Å². The van der Waals surface area contributed by atoms with Crippen molar-refractivity contribution in [2.24, 2.45) is 0 Å². The third-order valence-corrected chi connectivity index (χ3v) is 3.39. The molecule has 1 atom stereocenters. The largest absolute Gasteiger partial charge is 0.479 e. The molecule has 20 heavy (non-hydrogen) atoms. The highest BCUT2D eigenvalue weighted by atomic mass is 79.9. The summed E-state index contributed by atoms with van der Waals surface area (Å²) >= 11 is 3.33. The zero-order chi connectivity index (χ0) is 14.5. The van der Waals surface area contributed by atoms with Gasteiger partial charge in [0.05, 0.1) is 13.2 Å². The summed E-state index contributed by atoms with van der Waals surface area (Å²) in [5.41, 5.74) is 0.701. The Balaban J connectivity index is 1.86. The lowest BCUT2D eigenvalue weighted by Gasteiger charge is -2.30. The van der Waals surface area contributed by atoms with Crippen LogP contribution in [0.4, 0.5) is 5.69 Å². The third kappa shape index (κ3) is 4.29. The normalized spacial score (nSPS) is 19.6. The lowest BCUT2D eigenvalue weighted by atomic mass is 10.2. The molecule has 0 aliphatic carbocycles. The highest BCUT2D eigenvalue weighted by Crippen LogP contribution is 2.15. The van der Waals surface area contributed by atoms with E-state index in [4.69, 9.17) is 9.84 Å². The molecule has 1 aliphatic rings. The van der Waals surface area contributed by atoms with Crippen LogP contribution in [0.15, 0.2) is 28.7 Å². The Morgan fingerprint density at radius 2 is 2.30 bits per heavy atom. The van der Waals surface area contributed by atoms with Gasteiger partial charge in [-0.15, -0.1) is 0 Å². The second-order valence-electron chi connectivity index (χ2n) is 4.49. The number of amides is 1. The van der Waals surface area contributed by atoms with Crippen molar-refractivity contribution in [1.29, 1.82) is 0 Å². The number of aliphatic carboxylic acids is 1. The molecular formula is C13H15BrN2O4. The summed E-state index contributed by atoms with van der Waals surface area (Å²) in [6.07, 6.45) is -0.859. The molecule has 7 heteroatoms. The maximum atomic E-state index is 11.9. The van der Waals surface area contributed by atoms with Gasteiger partial charge in [-0.3, -0.25) is 9.69 Å². The summed E-state index contributed by atoms with van der Waals surface area (Å²) in [6.45, 7) is 1.25. The van der Waals surface area contributed by atoms with Gasteiger partial charge in [0.25, 0.3) is 0 Å². The van der Waals surface area contributed by atoms with Gasteiger partial charge in [-0.25, -0.2) is 4.79 Å². The molecule has 1 unspecified atom stereocenters. The Hall–Kier alpha value is -1.44. The van der Waals surface area contributed by atoms with Gasteiger partial charge in [0.2, 0.25) is 5.91 Å². The van der Waals surface area contributed by atoms with E-state index in [0.29, 0.717) is 18.8 Å². The van der Waals surface area contributed by atoms with Gasteiger partial charge in [-0.05, 0) is 18.2 Å². The Labute approximate surface area is 124 Å². The van der Waals surface area contributed by atoms with Crippen molar-refractivity contribution < 1.29 is 19.4 Å². The number of carboxylic acids is 1. The van der Waals surface area contributed by atoms with E-state index in [1.807, 2.05) is 12.1 Å². The van der Waals surface area contributed by atoms with Gasteiger partial charge >= 0.3 is 5.97 Å². The van der Waals surface area contributed by atoms with Crippen molar-refractivity contribution in [3.05, 3.63) is 28.7 Å². The van der Waals surface area contributed by atoms with Crippen molar-refractivity contribution in [2.75, 3.05) is 31.6 Å². The number of carboxylic acid groups (broad SMARTS) is 1. The first kappa shape index (κ1) is 15.0. The van der Waals surface area contributed by atoms with E-state index in [-0.39, 0.29) is 19.0 Å². The van der Waals surface area contributed by atoms with Crippen LogP contribution in [0.5, 0.6) is 0 Å². The average molecular weight is 343 g/mol. The van der Waals surface area contributed by atoms with Crippen LogP contribution in [0.2, 0.25) is 0 Å². The van der Waals surface area contributed by atoms with Crippen LogP contribution in [-0.2, 0) is 14.3 Å². The van der Waals surface area contributed by atoms with Gasteiger partial charge in [0.15, 0.2) is 6.10 Å². The molecule has 108 valence electrons. The van der Waals surface area contributed by atoms with Crippen LogP contribution in [0.25, 0.3) is 0 Å². The number of ether oxygens (including phenoxy) is 1. The number of benzene rings is 1. The zero-order valence-electron chi connectivity index (χ0n) is 10.7. The van der Waals surface area contributed by atoms with E-state index in [2.05, 4.69) is 21.2 Å². The molecule has 6 nitrogen and oxygen atoms in total. The predicted molar refractivity (Wildman–Crippen MR) is 76.6 cm³/mol. The minimum Gasteiger partial charge on any atom is -0.479 e. The predicted octanol–water partition coefficient (Wildman–Crippen LogP) is 1.17. The fourth-order valence-corrected chi connectivity index (χ4v) is 2.36. The average Bonchev–Trinajstić information content (AvgIpc) is 2.38. The van der Waals surface area contributed by atoms with Crippen molar-refractivity contribution in [3.63, 3.8) is 0 Å². The minimum atomic E-state index is -0.998. The number of anilines is 1. The number of morpholine rings is 1. The molecule has 1 aliphatic heterocycles. The lowest BCUT2D eigenvalue weighted by Crippen LogP contribution is -2.48. The Morgan fingerprint density at radius 1 is 1.50 bits per heavy atom. The number of carbonyl (C=O) groups is 2. The summed E-state index contributed by atoms with van der Waals surface area (Å²) < 4.78 is 5.99. The highest BCUT2D eigenvalue weighted by Gasteiger charge is 2.27. The van der Waals surface area contributed by atoms with Gasteiger partial charge in [0.1, 0.15) is 0 Å². The first-order valence-electron chi connectivity index (χ1n) is 6.17. The molecule has 1 fully saturated rings.